The van der Waals surface area contributed by atoms with E-state index in [1.54, 1.807) is 21.3 Å². The van der Waals surface area contributed by atoms with Gasteiger partial charge in [-0.15, -0.1) is 0 Å². The van der Waals surface area contributed by atoms with Gasteiger partial charge in [0.15, 0.2) is 34.5 Å². The van der Waals surface area contributed by atoms with Crippen LogP contribution in [0, 0.1) is 0 Å². The molecule has 0 amide bonds. The highest BCUT2D eigenvalue weighted by Gasteiger charge is 2.37. The molecule has 0 saturated carbocycles. The SMILES string of the molecule is COc1ccc2cc1Oc1ccc(cc1)CC1=NCCc3cc(OC)c(cc31)Oc1c(OC)c(OC)c(O)c3c1[C@H](C2)N(C)CC3. The zero-order valence-corrected chi connectivity index (χ0v) is 26.8. The van der Waals surface area contributed by atoms with Crippen molar-refractivity contribution < 1.29 is 33.5 Å². The van der Waals surface area contributed by atoms with E-state index in [9.17, 15) is 5.11 Å². The number of hydrogen-bond donors (Lipinski definition) is 1. The number of phenolic OH excluding ortho intramolecular Hbond substituents is 1. The third-order valence-corrected chi connectivity index (χ3v) is 9.25. The monoisotopic (exact) mass is 622 g/mol. The summed E-state index contributed by atoms with van der Waals surface area (Å²) in [6.45, 7) is 1.43. The minimum atomic E-state index is -0.176. The summed E-state index contributed by atoms with van der Waals surface area (Å²) in [5.41, 5.74) is 6.92. The van der Waals surface area contributed by atoms with Crippen molar-refractivity contribution in [1.29, 1.82) is 0 Å². The third-order valence-electron chi connectivity index (χ3n) is 9.25. The van der Waals surface area contributed by atoms with Crippen LogP contribution in [0.5, 0.6) is 51.7 Å². The normalized spacial score (nSPS) is 17.0. The van der Waals surface area contributed by atoms with Gasteiger partial charge in [-0.2, -0.15) is 0 Å². The maximum Gasteiger partial charge on any atom is 0.208 e. The predicted molar refractivity (Wildman–Crippen MR) is 175 cm³/mol. The molecule has 4 aliphatic rings. The molecule has 9 nitrogen and oxygen atoms in total. The fraction of sp³-hybridized carbons (Fsp3) is 0.324. The molecule has 0 spiro atoms. The van der Waals surface area contributed by atoms with E-state index < -0.39 is 0 Å². The van der Waals surface area contributed by atoms with E-state index in [1.807, 2.05) is 42.5 Å². The quantitative estimate of drug-likeness (QED) is 0.270. The molecule has 1 atom stereocenters. The fourth-order valence-corrected chi connectivity index (χ4v) is 6.86. The van der Waals surface area contributed by atoms with Crippen LogP contribution in [0.3, 0.4) is 0 Å². The molecular formula is C37H38N2O7. The minimum absolute atomic E-state index is 0.0653. The van der Waals surface area contributed by atoms with Gasteiger partial charge in [-0.05, 0) is 79.4 Å². The van der Waals surface area contributed by atoms with Crippen LogP contribution in [-0.4, -0.2) is 64.3 Å². The Kier molecular flexibility index (Phi) is 7.86. The number of benzene rings is 4. The first kappa shape index (κ1) is 29.8. The summed E-state index contributed by atoms with van der Waals surface area (Å²) in [5, 5.41) is 11.5. The minimum Gasteiger partial charge on any atom is -0.504 e. The lowest BCUT2D eigenvalue weighted by Crippen LogP contribution is -2.34. The Labute approximate surface area is 268 Å². The first-order valence-corrected chi connectivity index (χ1v) is 15.5. The van der Waals surface area contributed by atoms with Gasteiger partial charge in [-0.3, -0.25) is 9.89 Å². The molecule has 0 unspecified atom stereocenters. The van der Waals surface area contributed by atoms with Crippen molar-refractivity contribution >= 4 is 5.71 Å². The first-order valence-electron chi connectivity index (χ1n) is 15.5. The molecule has 0 saturated heterocycles. The summed E-state index contributed by atoms with van der Waals surface area (Å²) in [5.74, 6) is 4.24. The van der Waals surface area contributed by atoms with Gasteiger partial charge >= 0.3 is 0 Å². The molecule has 4 aromatic carbocycles. The Hall–Kier alpha value is -4.89. The standard InChI is InChI=1S/C37H38N2O7/c1-39-15-13-25-33-28(39)17-22-8-11-29(41-2)31(18-22)45-24-9-6-21(7-10-24)16-27-26-20-32(30(42-3)19-23(26)12-14-38-27)46-35(33)37(44-5)36(43-4)34(25)40/h6-11,18-20,28,40H,12-17H2,1-5H3/t28-/m0/s1. The van der Waals surface area contributed by atoms with Gasteiger partial charge in [0.2, 0.25) is 11.5 Å². The molecule has 4 heterocycles. The van der Waals surface area contributed by atoms with Gasteiger partial charge in [0.05, 0.1) is 28.4 Å². The summed E-state index contributed by atoms with van der Waals surface area (Å²) >= 11 is 0. The van der Waals surface area contributed by atoms with Crippen LogP contribution in [-0.2, 0) is 25.7 Å². The average Bonchev–Trinajstić information content (AvgIpc) is 3.07. The number of likely N-dealkylation sites (N-methyl/N-ethyl adjacent to an activating group) is 1. The largest absolute Gasteiger partial charge is 0.504 e. The molecule has 6 bridgehead atoms. The van der Waals surface area contributed by atoms with Gasteiger partial charge in [0.1, 0.15) is 5.75 Å². The lowest BCUT2D eigenvalue weighted by atomic mass is 9.86. The number of hydrogen-bond acceptors (Lipinski definition) is 9. The van der Waals surface area contributed by atoms with Crippen molar-refractivity contribution in [2.24, 2.45) is 4.99 Å². The van der Waals surface area contributed by atoms with E-state index in [2.05, 4.69) is 24.1 Å². The summed E-state index contributed by atoms with van der Waals surface area (Å²) in [4.78, 5) is 7.22. The van der Waals surface area contributed by atoms with Crippen molar-refractivity contribution in [3.8, 4) is 51.7 Å². The number of aliphatic imine (C=N–C) groups is 1. The van der Waals surface area contributed by atoms with Gasteiger partial charge in [0, 0.05) is 48.0 Å². The molecular weight excluding hydrogens is 584 g/mol. The highest BCUT2D eigenvalue weighted by molar-refractivity contribution is 6.04. The topological polar surface area (TPSA) is 91.2 Å². The molecule has 0 fully saturated rings. The summed E-state index contributed by atoms with van der Waals surface area (Å²) in [6.07, 6.45) is 2.67. The molecule has 9 heteroatoms. The van der Waals surface area contributed by atoms with E-state index in [-0.39, 0.29) is 17.5 Å². The van der Waals surface area contributed by atoms with Crippen molar-refractivity contribution in [3.05, 3.63) is 88.0 Å². The number of rotatable bonds is 4. The zero-order chi connectivity index (χ0) is 31.9. The average molecular weight is 623 g/mol. The number of methoxy groups -OCH3 is 4. The highest BCUT2D eigenvalue weighted by Crippen LogP contribution is 2.55. The van der Waals surface area contributed by atoms with E-state index >= 15 is 0 Å². The van der Waals surface area contributed by atoms with Crippen molar-refractivity contribution in [2.75, 3.05) is 48.6 Å². The molecule has 0 aliphatic carbocycles. The van der Waals surface area contributed by atoms with E-state index in [0.717, 1.165) is 57.8 Å². The van der Waals surface area contributed by atoms with E-state index in [1.165, 1.54) is 7.11 Å². The fourth-order valence-electron chi connectivity index (χ4n) is 6.86. The Morgan fingerprint density at radius 2 is 1.54 bits per heavy atom. The second-order valence-electron chi connectivity index (χ2n) is 11.8. The molecule has 238 valence electrons. The Morgan fingerprint density at radius 1 is 0.804 bits per heavy atom. The van der Waals surface area contributed by atoms with Gasteiger partial charge < -0.3 is 33.5 Å². The van der Waals surface area contributed by atoms with Crippen LogP contribution < -0.4 is 28.4 Å². The number of ether oxygens (including phenoxy) is 6. The Balaban J connectivity index is 1.49. The lowest BCUT2D eigenvalue weighted by molar-refractivity contribution is 0.217. The van der Waals surface area contributed by atoms with E-state index in [4.69, 9.17) is 33.4 Å². The number of aromatic hydroxyl groups is 1. The van der Waals surface area contributed by atoms with Crippen molar-refractivity contribution in [2.45, 2.75) is 31.7 Å². The third kappa shape index (κ3) is 5.14. The molecule has 0 radical (unpaired) electrons. The van der Waals surface area contributed by atoms with E-state index in [0.29, 0.717) is 60.3 Å². The van der Waals surface area contributed by atoms with Crippen LogP contribution in [0.1, 0.15) is 39.4 Å². The highest BCUT2D eigenvalue weighted by atomic mass is 16.5. The second-order valence-corrected chi connectivity index (χ2v) is 11.8. The molecule has 4 aromatic rings. The molecule has 8 rings (SSSR count). The van der Waals surface area contributed by atoms with Crippen molar-refractivity contribution in [3.63, 3.8) is 0 Å². The molecule has 4 aliphatic heterocycles. The summed E-state index contributed by atoms with van der Waals surface area (Å²) in [6, 6.07) is 18.0. The van der Waals surface area contributed by atoms with Crippen LogP contribution in [0.15, 0.2) is 59.6 Å². The lowest BCUT2D eigenvalue weighted by Gasteiger charge is -2.37. The molecule has 0 aromatic heterocycles. The Bertz CT molecular complexity index is 1830. The number of fused-ring (bicyclic) bond motifs is 2. The summed E-state index contributed by atoms with van der Waals surface area (Å²) < 4.78 is 36.5. The van der Waals surface area contributed by atoms with Crippen LogP contribution in [0.2, 0.25) is 0 Å². The zero-order valence-electron chi connectivity index (χ0n) is 26.8. The van der Waals surface area contributed by atoms with Gasteiger partial charge in [-0.1, -0.05) is 18.2 Å². The maximum atomic E-state index is 11.5. The first-order chi connectivity index (χ1) is 22.4. The van der Waals surface area contributed by atoms with Crippen LogP contribution >= 0.6 is 0 Å². The Morgan fingerprint density at radius 3 is 2.28 bits per heavy atom. The van der Waals surface area contributed by atoms with Gasteiger partial charge in [0.25, 0.3) is 0 Å². The smallest absolute Gasteiger partial charge is 0.208 e. The van der Waals surface area contributed by atoms with Crippen LogP contribution in [0.4, 0.5) is 0 Å². The second kappa shape index (κ2) is 12.1. The molecule has 46 heavy (non-hydrogen) atoms. The maximum absolute atomic E-state index is 11.5. The predicted octanol–water partition coefficient (Wildman–Crippen LogP) is 6.68. The molecule has 1 N–H and O–H groups in total. The summed E-state index contributed by atoms with van der Waals surface area (Å²) in [7, 11) is 8.46. The number of phenols is 1. The van der Waals surface area contributed by atoms with Crippen molar-refractivity contribution in [1.82, 2.24) is 4.90 Å². The van der Waals surface area contributed by atoms with Crippen LogP contribution in [0.25, 0.3) is 0 Å². The van der Waals surface area contributed by atoms with Gasteiger partial charge in [-0.25, -0.2) is 0 Å². The number of nitrogens with zero attached hydrogens (tertiary/aromatic N) is 2.